The number of aliphatic hydroxyl groups excluding tert-OH is 1. The van der Waals surface area contributed by atoms with E-state index in [1.165, 1.54) is 16.2 Å². The quantitative estimate of drug-likeness (QED) is 0.121. The van der Waals surface area contributed by atoms with E-state index in [0.717, 1.165) is 17.5 Å². The predicted molar refractivity (Wildman–Crippen MR) is 155 cm³/mol. The second-order valence-electron chi connectivity index (χ2n) is 9.63. The number of amides is 1. The van der Waals surface area contributed by atoms with Crippen LogP contribution < -0.4 is 23.8 Å². The minimum absolute atomic E-state index is 0.0470. The molecule has 2 aliphatic heterocycles. The van der Waals surface area contributed by atoms with Crippen LogP contribution in [-0.2, 0) is 9.59 Å². The van der Waals surface area contributed by atoms with Crippen molar-refractivity contribution in [3.63, 3.8) is 0 Å². The molecule has 1 amide bonds. The third-order valence-electron chi connectivity index (χ3n) is 6.99. The number of hydrogen-bond donors (Lipinski definition) is 1. The fourth-order valence-corrected chi connectivity index (χ4v) is 5.94. The zero-order valence-corrected chi connectivity index (χ0v) is 23.4. The molecule has 0 radical (unpaired) electrons. The van der Waals surface area contributed by atoms with Gasteiger partial charge < -0.3 is 24.1 Å². The summed E-state index contributed by atoms with van der Waals surface area (Å²) >= 11 is 1.27. The van der Waals surface area contributed by atoms with Crippen LogP contribution in [0.4, 0.5) is 5.13 Å². The number of carbonyl (C=O) groups is 2. The number of rotatable bonds is 8. The van der Waals surface area contributed by atoms with E-state index in [4.69, 9.17) is 18.9 Å². The minimum atomic E-state index is -0.944. The first-order valence-corrected chi connectivity index (χ1v) is 14.2. The molecule has 1 N–H and O–H groups in total. The molecule has 3 aromatic carbocycles. The summed E-state index contributed by atoms with van der Waals surface area (Å²) in [6.45, 7) is 3.42. The Hall–Kier alpha value is -4.57. The Kier molecular flexibility index (Phi) is 7.23. The second kappa shape index (κ2) is 11.1. The molecule has 0 bridgehead atoms. The second-order valence-corrected chi connectivity index (χ2v) is 10.6. The van der Waals surface area contributed by atoms with Gasteiger partial charge in [-0.1, -0.05) is 36.8 Å². The fourth-order valence-electron chi connectivity index (χ4n) is 4.92. The van der Waals surface area contributed by atoms with Crippen molar-refractivity contribution < 1.29 is 33.6 Å². The van der Waals surface area contributed by atoms with E-state index in [-0.39, 0.29) is 11.3 Å². The highest BCUT2D eigenvalue weighted by Gasteiger charge is 2.48. The largest absolute Gasteiger partial charge is 0.507 e. The SMILES string of the molecule is CCCCOc1cccc(C2/C(=C(/O)c3ccc4c(c3)OCCO4)C(=O)C(=O)N2c2nc3ccc(OC)cc3s2)c1. The van der Waals surface area contributed by atoms with Crippen molar-refractivity contribution in [2.24, 2.45) is 0 Å². The van der Waals surface area contributed by atoms with E-state index >= 15 is 0 Å². The molecular weight excluding hydrogens is 544 g/mol. The highest BCUT2D eigenvalue weighted by Crippen LogP contribution is 2.46. The molecule has 1 fully saturated rings. The predicted octanol–water partition coefficient (Wildman–Crippen LogP) is 5.88. The average molecular weight is 573 g/mol. The van der Waals surface area contributed by atoms with Gasteiger partial charge in [0, 0.05) is 5.56 Å². The Labute approximate surface area is 240 Å². The number of carbonyl (C=O) groups excluding carboxylic acids is 2. The zero-order chi connectivity index (χ0) is 28.5. The summed E-state index contributed by atoms with van der Waals surface area (Å²) in [6, 6.07) is 16.7. The number of fused-ring (bicyclic) bond motifs is 2. The summed E-state index contributed by atoms with van der Waals surface area (Å²) < 4.78 is 23.4. The number of hydrogen-bond acceptors (Lipinski definition) is 9. The molecule has 41 heavy (non-hydrogen) atoms. The van der Waals surface area contributed by atoms with Gasteiger partial charge in [-0.2, -0.15) is 0 Å². The summed E-state index contributed by atoms with van der Waals surface area (Å²) in [7, 11) is 1.58. The maximum Gasteiger partial charge on any atom is 0.301 e. The molecule has 9 nitrogen and oxygen atoms in total. The Morgan fingerprint density at radius 1 is 1.05 bits per heavy atom. The van der Waals surface area contributed by atoms with Gasteiger partial charge >= 0.3 is 5.91 Å². The van der Waals surface area contributed by atoms with Gasteiger partial charge in [-0.3, -0.25) is 14.5 Å². The lowest BCUT2D eigenvalue weighted by Crippen LogP contribution is -2.29. The molecule has 210 valence electrons. The van der Waals surface area contributed by atoms with Crippen molar-refractivity contribution in [1.82, 2.24) is 4.98 Å². The number of methoxy groups -OCH3 is 1. The average Bonchev–Trinajstić information content (AvgIpc) is 3.54. The van der Waals surface area contributed by atoms with Crippen LogP contribution in [0.1, 0.15) is 36.9 Å². The molecule has 4 aromatic rings. The number of ether oxygens (including phenoxy) is 4. The Morgan fingerprint density at radius 2 is 1.88 bits per heavy atom. The van der Waals surface area contributed by atoms with E-state index in [1.54, 1.807) is 43.5 Å². The number of aromatic nitrogens is 1. The molecule has 2 aliphatic rings. The lowest BCUT2D eigenvalue weighted by atomic mass is 9.95. The number of thiazole rings is 1. The minimum Gasteiger partial charge on any atom is -0.507 e. The van der Waals surface area contributed by atoms with Gasteiger partial charge in [-0.15, -0.1) is 0 Å². The molecule has 0 aliphatic carbocycles. The molecule has 1 atom stereocenters. The van der Waals surface area contributed by atoms with Crippen LogP contribution in [0.25, 0.3) is 16.0 Å². The topological polar surface area (TPSA) is 107 Å². The number of benzene rings is 3. The zero-order valence-electron chi connectivity index (χ0n) is 22.6. The van der Waals surface area contributed by atoms with Crippen molar-refractivity contribution in [1.29, 1.82) is 0 Å². The number of anilines is 1. The highest BCUT2D eigenvalue weighted by molar-refractivity contribution is 7.22. The number of aliphatic hydroxyl groups is 1. The maximum absolute atomic E-state index is 13.7. The maximum atomic E-state index is 13.7. The van der Waals surface area contributed by atoms with Crippen LogP contribution in [0.2, 0.25) is 0 Å². The Morgan fingerprint density at radius 3 is 2.68 bits per heavy atom. The van der Waals surface area contributed by atoms with E-state index < -0.39 is 17.7 Å². The summed E-state index contributed by atoms with van der Waals surface area (Å²) in [5, 5.41) is 11.9. The number of nitrogens with zero attached hydrogens (tertiary/aromatic N) is 2. The standard InChI is InChI=1S/C31H28N2O7S/c1-3-4-12-38-21-7-5-6-18(15-21)27-26(28(34)19-8-11-23-24(16-19)40-14-13-39-23)29(35)30(36)33(27)31-32-22-10-9-20(37-2)17-25(22)41-31/h5-11,15-17,27,34H,3-4,12-14H2,1-2H3/b28-26-. The third-order valence-corrected chi connectivity index (χ3v) is 8.01. The molecule has 10 heteroatoms. The van der Waals surface area contributed by atoms with Crippen LogP contribution in [0, 0.1) is 0 Å². The first-order valence-electron chi connectivity index (χ1n) is 13.4. The van der Waals surface area contributed by atoms with Crippen LogP contribution in [-0.4, -0.2) is 48.7 Å². The molecular formula is C31H28N2O7S. The molecule has 1 aromatic heterocycles. The van der Waals surface area contributed by atoms with Gasteiger partial charge in [0.2, 0.25) is 0 Å². The van der Waals surface area contributed by atoms with Crippen LogP contribution in [0.15, 0.2) is 66.2 Å². The van der Waals surface area contributed by atoms with Crippen molar-refractivity contribution in [3.8, 4) is 23.0 Å². The normalized spacial score (nSPS) is 17.7. The van der Waals surface area contributed by atoms with Gasteiger partial charge in [-0.25, -0.2) is 4.98 Å². The summed E-state index contributed by atoms with van der Waals surface area (Å²) in [4.78, 5) is 33.3. The third kappa shape index (κ3) is 4.95. The first kappa shape index (κ1) is 26.6. The van der Waals surface area contributed by atoms with Crippen LogP contribution in [0.3, 0.4) is 0 Å². The van der Waals surface area contributed by atoms with Gasteiger partial charge in [-0.05, 0) is 60.5 Å². The highest BCUT2D eigenvalue weighted by atomic mass is 32.1. The van der Waals surface area contributed by atoms with Gasteiger partial charge in [0.05, 0.1) is 35.5 Å². The fraction of sp³-hybridized carbons (Fsp3) is 0.258. The molecule has 0 saturated carbocycles. The Balaban J connectivity index is 1.50. The van der Waals surface area contributed by atoms with Gasteiger partial charge in [0.1, 0.15) is 30.5 Å². The van der Waals surface area contributed by atoms with Crippen molar-refractivity contribution in [2.75, 3.05) is 31.8 Å². The molecule has 0 spiro atoms. The van der Waals surface area contributed by atoms with Gasteiger partial charge in [0.15, 0.2) is 16.6 Å². The van der Waals surface area contributed by atoms with Crippen molar-refractivity contribution >= 4 is 44.1 Å². The lowest BCUT2D eigenvalue weighted by molar-refractivity contribution is -0.132. The first-order chi connectivity index (χ1) is 20.0. The summed E-state index contributed by atoms with van der Waals surface area (Å²) in [6.07, 6.45) is 1.87. The van der Waals surface area contributed by atoms with E-state index in [2.05, 4.69) is 11.9 Å². The van der Waals surface area contributed by atoms with E-state index in [1.807, 2.05) is 24.3 Å². The number of Topliss-reactive ketones (excluding diaryl/α,β-unsaturated/α-hetero) is 1. The number of unbranched alkanes of at least 4 members (excludes halogenated alkanes) is 1. The lowest BCUT2D eigenvalue weighted by Gasteiger charge is -2.24. The van der Waals surface area contributed by atoms with Crippen molar-refractivity contribution in [3.05, 3.63) is 77.4 Å². The van der Waals surface area contributed by atoms with E-state index in [0.29, 0.717) is 64.6 Å². The monoisotopic (exact) mass is 572 g/mol. The van der Waals surface area contributed by atoms with Crippen LogP contribution >= 0.6 is 11.3 Å². The summed E-state index contributed by atoms with van der Waals surface area (Å²) in [5.41, 5.74) is 1.56. The van der Waals surface area contributed by atoms with Gasteiger partial charge in [0.25, 0.3) is 5.78 Å². The van der Waals surface area contributed by atoms with Crippen LogP contribution in [0.5, 0.6) is 23.0 Å². The molecule has 6 rings (SSSR count). The summed E-state index contributed by atoms with van der Waals surface area (Å²) in [5.74, 6) is 0.364. The smallest absolute Gasteiger partial charge is 0.301 e. The molecule has 1 unspecified atom stereocenters. The van der Waals surface area contributed by atoms with Crippen molar-refractivity contribution in [2.45, 2.75) is 25.8 Å². The molecule has 3 heterocycles. The molecule has 1 saturated heterocycles. The van der Waals surface area contributed by atoms with E-state index in [9.17, 15) is 14.7 Å². The Bertz CT molecular complexity index is 1680. The number of ketones is 1.